The SMILES string of the molecule is CCC(C)=C(/C=C\C(=NC)c1ccccc1OC)N1CCC(NC(=O)c2ccc(OC)c(F)c2)CC1. The van der Waals surface area contributed by atoms with Crippen molar-refractivity contribution < 1.29 is 18.7 Å². The Morgan fingerprint density at radius 2 is 1.81 bits per heavy atom. The number of nitrogens with one attached hydrogen (secondary N) is 1. The smallest absolute Gasteiger partial charge is 0.251 e. The highest BCUT2D eigenvalue weighted by atomic mass is 19.1. The third kappa shape index (κ3) is 6.53. The highest BCUT2D eigenvalue weighted by molar-refractivity contribution is 6.10. The number of aliphatic imine (C=N–C) groups is 1. The van der Waals surface area contributed by atoms with Crippen LogP contribution in [0.5, 0.6) is 11.5 Å². The van der Waals surface area contributed by atoms with E-state index in [4.69, 9.17) is 9.47 Å². The number of methoxy groups -OCH3 is 2. The molecule has 1 saturated heterocycles. The first kappa shape index (κ1) is 27.0. The number of halogens is 1. The molecule has 0 spiro atoms. The third-order valence-electron chi connectivity index (χ3n) is 6.58. The average molecular weight is 494 g/mol. The summed E-state index contributed by atoms with van der Waals surface area (Å²) in [6, 6.07) is 12.2. The maximum atomic E-state index is 14.0. The van der Waals surface area contributed by atoms with E-state index in [9.17, 15) is 9.18 Å². The molecule has 1 aliphatic heterocycles. The van der Waals surface area contributed by atoms with Gasteiger partial charge < -0.3 is 19.7 Å². The zero-order valence-corrected chi connectivity index (χ0v) is 21.8. The maximum Gasteiger partial charge on any atom is 0.251 e. The minimum absolute atomic E-state index is 0.0346. The van der Waals surface area contributed by atoms with E-state index in [2.05, 4.69) is 35.1 Å². The van der Waals surface area contributed by atoms with Gasteiger partial charge in [-0.2, -0.15) is 0 Å². The van der Waals surface area contributed by atoms with Crippen molar-refractivity contribution in [3.63, 3.8) is 0 Å². The summed E-state index contributed by atoms with van der Waals surface area (Å²) in [6.07, 6.45) is 6.72. The molecule has 0 aliphatic carbocycles. The Labute approximate surface area is 213 Å². The van der Waals surface area contributed by atoms with Crippen LogP contribution in [0.4, 0.5) is 4.39 Å². The van der Waals surface area contributed by atoms with Crippen molar-refractivity contribution in [2.24, 2.45) is 4.99 Å². The number of hydrogen-bond donors (Lipinski definition) is 1. The standard InChI is InChI=1S/C29H36FN3O3/c1-6-20(2)26(13-12-25(31-3)23-9-7-8-10-27(23)35-4)33-17-15-22(16-18-33)32-29(34)21-11-14-28(36-5)24(30)19-21/h7-14,19,22H,6,15-18H2,1-5H3,(H,32,34)/b13-12-,26-20?,31-25?. The molecule has 3 rings (SSSR count). The van der Waals surface area contributed by atoms with E-state index in [0.717, 1.165) is 49.4 Å². The van der Waals surface area contributed by atoms with Gasteiger partial charge in [-0.25, -0.2) is 4.39 Å². The van der Waals surface area contributed by atoms with Gasteiger partial charge in [0.15, 0.2) is 11.6 Å². The van der Waals surface area contributed by atoms with Crippen LogP contribution in [0.15, 0.2) is 70.9 Å². The summed E-state index contributed by atoms with van der Waals surface area (Å²) in [5, 5.41) is 3.06. The van der Waals surface area contributed by atoms with Gasteiger partial charge in [-0.3, -0.25) is 9.79 Å². The van der Waals surface area contributed by atoms with Crippen LogP contribution in [0.2, 0.25) is 0 Å². The second kappa shape index (κ2) is 12.9. The van der Waals surface area contributed by atoms with Crippen LogP contribution in [0.1, 0.15) is 49.0 Å². The molecule has 0 radical (unpaired) electrons. The lowest BCUT2D eigenvalue weighted by atomic mass is 10.0. The van der Waals surface area contributed by atoms with Crippen molar-refractivity contribution >= 4 is 11.6 Å². The number of ether oxygens (including phenoxy) is 2. The van der Waals surface area contributed by atoms with E-state index >= 15 is 0 Å². The van der Waals surface area contributed by atoms with Crippen LogP contribution in [0, 0.1) is 5.82 Å². The molecule has 1 heterocycles. The number of likely N-dealkylation sites (tertiary alicyclic amines) is 1. The minimum Gasteiger partial charge on any atom is -0.496 e. The number of hydrogen-bond acceptors (Lipinski definition) is 5. The number of carbonyl (C=O) groups excluding carboxylic acids is 1. The number of carbonyl (C=O) groups is 1. The topological polar surface area (TPSA) is 63.2 Å². The lowest BCUT2D eigenvalue weighted by molar-refractivity contribution is 0.0918. The van der Waals surface area contributed by atoms with Gasteiger partial charge in [0.1, 0.15) is 5.75 Å². The molecule has 0 unspecified atom stereocenters. The summed E-state index contributed by atoms with van der Waals surface area (Å²) in [6.45, 7) is 5.93. The number of nitrogens with zero attached hydrogens (tertiary/aromatic N) is 2. The number of rotatable bonds is 9. The first-order chi connectivity index (χ1) is 17.4. The number of allylic oxidation sites excluding steroid dienone is 3. The van der Waals surface area contributed by atoms with Crippen molar-refractivity contribution in [3.05, 3.63) is 82.8 Å². The van der Waals surface area contributed by atoms with Crippen molar-refractivity contribution in [1.29, 1.82) is 0 Å². The molecule has 2 aromatic carbocycles. The second-order valence-electron chi connectivity index (χ2n) is 8.75. The Morgan fingerprint density at radius 3 is 2.42 bits per heavy atom. The largest absolute Gasteiger partial charge is 0.496 e. The fourth-order valence-corrected chi connectivity index (χ4v) is 4.34. The molecule has 0 aromatic heterocycles. The van der Waals surface area contributed by atoms with Gasteiger partial charge in [0, 0.05) is 43.0 Å². The van der Waals surface area contributed by atoms with Crippen LogP contribution in [-0.2, 0) is 0 Å². The maximum absolute atomic E-state index is 14.0. The lowest BCUT2D eigenvalue weighted by Crippen LogP contribution is -2.44. The van der Waals surface area contributed by atoms with Crippen LogP contribution in [0.25, 0.3) is 0 Å². The molecule has 2 aromatic rings. The quantitative estimate of drug-likeness (QED) is 0.376. The fraction of sp³-hybridized carbons (Fsp3) is 0.379. The normalized spacial score (nSPS) is 15.6. The highest BCUT2D eigenvalue weighted by Gasteiger charge is 2.23. The van der Waals surface area contributed by atoms with E-state index in [1.165, 1.54) is 30.5 Å². The average Bonchev–Trinajstić information content (AvgIpc) is 2.91. The predicted octanol–water partition coefficient (Wildman–Crippen LogP) is 5.40. The highest BCUT2D eigenvalue weighted by Crippen LogP contribution is 2.24. The first-order valence-electron chi connectivity index (χ1n) is 12.3. The molecule has 0 atom stereocenters. The Kier molecular flexibility index (Phi) is 9.68. The molecule has 36 heavy (non-hydrogen) atoms. The van der Waals surface area contributed by atoms with Crippen molar-refractivity contribution in [3.8, 4) is 11.5 Å². The Morgan fingerprint density at radius 1 is 1.11 bits per heavy atom. The molecular formula is C29H36FN3O3. The Bertz CT molecular complexity index is 1150. The van der Waals surface area contributed by atoms with Gasteiger partial charge in [-0.1, -0.05) is 24.6 Å². The monoisotopic (exact) mass is 493 g/mol. The minimum atomic E-state index is -0.542. The first-order valence-corrected chi connectivity index (χ1v) is 12.3. The summed E-state index contributed by atoms with van der Waals surface area (Å²) in [5.74, 6) is 0.102. The van der Waals surface area contributed by atoms with E-state index in [1.54, 1.807) is 20.2 Å². The molecule has 7 heteroatoms. The molecule has 1 fully saturated rings. The van der Waals surface area contributed by atoms with Crippen molar-refractivity contribution in [2.75, 3.05) is 34.4 Å². The Hall–Kier alpha value is -3.61. The van der Waals surface area contributed by atoms with E-state index in [0.29, 0.717) is 5.56 Å². The third-order valence-corrected chi connectivity index (χ3v) is 6.58. The number of benzene rings is 2. The molecule has 0 bridgehead atoms. The summed E-state index contributed by atoms with van der Waals surface area (Å²) < 4.78 is 24.5. The molecule has 1 N–H and O–H groups in total. The second-order valence-corrected chi connectivity index (χ2v) is 8.75. The van der Waals surface area contributed by atoms with Crippen LogP contribution in [-0.4, -0.2) is 56.9 Å². The zero-order valence-electron chi connectivity index (χ0n) is 21.8. The number of piperidine rings is 1. The van der Waals surface area contributed by atoms with Crippen molar-refractivity contribution in [1.82, 2.24) is 10.2 Å². The van der Waals surface area contributed by atoms with Gasteiger partial charge in [0.25, 0.3) is 5.91 Å². The lowest BCUT2D eigenvalue weighted by Gasteiger charge is -2.35. The molecular weight excluding hydrogens is 457 g/mol. The molecule has 192 valence electrons. The van der Waals surface area contributed by atoms with Crippen LogP contribution >= 0.6 is 0 Å². The van der Waals surface area contributed by atoms with Gasteiger partial charge in [-0.05, 0) is 68.7 Å². The predicted molar refractivity (Wildman–Crippen MR) is 143 cm³/mol. The molecule has 1 amide bonds. The fourth-order valence-electron chi connectivity index (χ4n) is 4.34. The van der Waals surface area contributed by atoms with Crippen molar-refractivity contribution in [2.45, 2.75) is 39.2 Å². The van der Waals surface area contributed by atoms with Gasteiger partial charge in [-0.15, -0.1) is 0 Å². The van der Waals surface area contributed by atoms with Crippen LogP contribution < -0.4 is 14.8 Å². The van der Waals surface area contributed by atoms with Gasteiger partial charge >= 0.3 is 0 Å². The van der Waals surface area contributed by atoms with E-state index in [1.807, 2.05) is 30.3 Å². The molecule has 0 saturated carbocycles. The molecule has 1 aliphatic rings. The Balaban J connectivity index is 1.67. The zero-order chi connectivity index (χ0) is 26.1. The van der Waals surface area contributed by atoms with Gasteiger partial charge in [0.05, 0.1) is 19.9 Å². The summed E-state index contributed by atoms with van der Waals surface area (Å²) >= 11 is 0. The van der Waals surface area contributed by atoms with Crippen LogP contribution in [0.3, 0.4) is 0 Å². The summed E-state index contributed by atoms with van der Waals surface area (Å²) in [5.41, 5.74) is 4.56. The number of amides is 1. The van der Waals surface area contributed by atoms with E-state index < -0.39 is 5.82 Å². The summed E-state index contributed by atoms with van der Waals surface area (Å²) in [4.78, 5) is 19.5. The molecule has 6 nitrogen and oxygen atoms in total. The van der Waals surface area contributed by atoms with E-state index in [-0.39, 0.29) is 17.7 Å². The van der Waals surface area contributed by atoms with Gasteiger partial charge in [0.2, 0.25) is 0 Å². The summed E-state index contributed by atoms with van der Waals surface area (Å²) in [7, 11) is 4.85. The number of para-hydroxylation sites is 1.